The van der Waals surface area contributed by atoms with Crippen molar-refractivity contribution in [1.29, 1.82) is 0 Å². The van der Waals surface area contributed by atoms with E-state index in [-0.39, 0.29) is 0 Å². The number of aromatic nitrogens is 2. The zero-order valence-electron chi connectivity index (χ0n) is 25.3. The molecule has 0 unspecified atom stereocenters. The molecule has 6 rings (SSSR count). The van der Waals surface area contributed by atoms with Gasteiger partial charge in [-0.25, -0.2) is 4.98 Å². The molecule has 0 amide bonds. The van der Waals surface area contributed by atoms with Gasteiger partial charge in [-0.15, -0.1) is 0 Å². The number of unbranched alkanes of at least 4 members (excludes halogenated alkanes) is 5. The van der Waals surface area contributed by atoms with Gasteiger partial charge in [-0.2, -0.15) is 0 Å². The third kappa shape index (κ3) is 7.87. The van der Waals surface area contributed by atoms with Crippen LogP contribution in [0.5, 0.6) is 5.88 Å². The Balaban J connectivity index is 0.883. The minimum absolute atomic E-state index is 0.413. The summed E-state index contributed by atoms with van der Waals surface area (Å²) in [6.07, 6.45) is 15.7. The summed E-state index contributed by atoms with van der Waals surface area (Å²) in [7, 11) is 0. The minimum Gasteiger partial charge on any atom is -0.473 e. The lowest BCUT2D eigenvalue weighted by atomic mass is 9.91. The van der Waals surface area contributed by atoms with Crippen LogP contribution in [0, 0.1) is 0 Å². The molecule has 0 radical (unpaired) electrons. The first-order chi connectivity index (χ1) is 21.2. The Bertz CT molecular complexity index is 1490. The van der Waals surface area contributed by atoms with Crippen molar-refractivity contribution in [2.45, 2.75) is 96.1 Å². The summed E-state index contributed by atoms with van der Waals surface area (Å²) in [5.74, 6) is 0.733. The van der Waals surface area contributed by atoms with Crippen molar-refractivity contribution in [2.75, 3.05) is 18.4 Å². The molecule has 0 spiro atoms. The average Bonchev–Trinajstić information content (AvgIpc) is 3.04. The fourth-order valence-electron chi connectivity index (χ4n) is 6.71. The van der Waals surface area contributed by atoms with Gasteiger partial charge in [0.05, 0.1) is 5.52 Å². The molecule has 43 heavy (non-hydrogen) atoms. The van der Waals surface area contributed by atoms with E-state index < -0.39 is 0 Å². The highest BCUT2D eigenvalue weighted by molar-refractivity contribution is 6.31. The van der Waals surface area contributed by atoms with Gasteiger partial charge >= 0.3 is 0 Å². The van der Waals surface area contributed by atoms with E-state index in [1.165, 1.54) is 103 Å². The molecule has 0 saturated heterocycles. The maximum absolute atomic E-state index is 6.28. The molecule has 4 aromatic rings. The first kappa shape index (κ1) is 29.9. The molecule has 2 heterocycles. The lowest BCUT2D eigenvalue weighted by molar-refractivity contribution is 0.291. The topological polar surface area (TPSA) is 59.1 Å². The Morgan fingerprint density at radius 3 is 2.44 bits per heavy atom. The van der Waals surface area contributed by atoms with Crippen molar-refractivity contribution in [2.24, 2.45) is 0 Å². The number of fused-ring (bicyclic) bond motifs is 3. The van der Waals surface area contributed by atoms with Crippen LogP contribution < -0.4 is 15.4 Å². The van der Waals surface area contributed by atoms with E-state index >= 15 is 0 Å². The summed E-state index contributed by atoms with van der Waals surface area (Å²) in [4.78, 5) is 9.81. The summed E-state index contributed by atoms with van der Waals surface area (Å²) < 4.78 is 5.98. The minimum atomic E-state index is 0.413. The number of ether oxygens (including phenoxy) is 1. The predicted octanol–water partition coefficient (Wildman–Crippen LogP) is 9.16. The number of halogens is 1. The van der Waals surface area contributed by atoms with E-state index in [9.17, 15) is 0 Å². The summed E-state index contributed by atoms with van der Waals surface area (Å²) in [5, 5.41) is 9.60. The molecule has 0 aliphatic heterocycles. The van der Waals surface area contributed by atoms with Crippen LogP contribution in [0.2, 0.25) is 5.02 Å². The van der Waals surface area contributed by atoms with Gasteiger partial charge in [0.15, 0.2) is 0 Å². The second kappa shape index (κ2) is 15.0. The number of rotatable bonds is 14. The van der Waals surface area contributed by atoms with E-state index in [0.29, 0.717) is 12.6 Å². The van der Waals surface area contributed by atoms with Crippen LogP contribution in [-0.2, 0) is 25.9 Å². The third-order valence-electron chi connectivity index (χ3n) is 9.02. The average molecular weight is 597 g/mol. The first-order valence-electron chi connectivity index (χ1n) is 16.5. The van der Waals surface area contributed by atoms with Gasteiger partial charge < -0.3 is 15.4 Å². The van der Waals surface area contributed by atoms with Gasteiger partial charge in [-0.05, 0) is 99.2 Å². The van der Waals surface area contributed by atoms with E-state index in [1.807, 2.05) is 36.4 Å². The summed E-state index contributed by atoms with van der Waals surface area (Å²) >= 11 is 6.28. The van der Waals surface area contributed by atoms with Crippen LogP contribution in [0.4, 0.5) is 5.69 Å². The molecule has 2 aromatic carbocycles. The fraction of sp³-hybridized carbons (Fsp3) is 0.459. The van der Waals surface area contributed by atoms with Gasteiger partial charge in [-0.3, -0.25) is 4.98 Å². The molecule has 0 bridgehead atoms. The van der Waals surface area contributed by atoms with Crippen molar-refractivity contribution in [1.82, 2.24) is 15.3 Å². The molecule has 6 heteroatoms. The molecular weight excluding hydrogens is 552 g/mol. The Morgan fingerprint density at radius 2 is 1.56 bits per heavy atom. The highest BCUT2D eigenvalue weighted by atomic mass is 35.5. The number of nitrogens with zero attached hydrogens (tertiary/aromatic N) is 2. The van der Waals surface area contributed by atoms with E-state index in [2.05, 4.69) is 34.9 Å². The molecule has 2 aliphatic carbocycles. The standard InChI is InChI=1S/C37H45ClN4O/c38-28-19-20-31-35(25-28)41-34-16-9-8-15-30(34)37(31)40-24-11-4-2-1-3-10-23-39-32-17-12-18-33-29(32)21-22-36(42-33)43-26-27-13-6-5-7-14-27/h5-7,13-14,19-22,25,32,39H,1-4,8-12,15-18,23-24,26H2,(H,40,41)/t32-/m1/s1. The van der Waals surface area contributed by atoms with Crippen LogP contribution >= 0.6 is 11.6 Å². The van der Waals surface area contributed by atoms with Crippen molar-refractivity contribution >= 4 is 28.2 Å². The monoisotopic (exact) mass is 596 g/mol. The lowest BCUT2D eigenvalue weighted by Crippen LogP contribution is -2.26. The number of hydrogen-bond acceptors (Lipinski definition) is 5. The normalized spacial score (nSPS) is 16.1. The molecular formula is C37H45ClN4O. The van der Waals surface area contributed by atoms with Crippen LogP contribution in [0.1, 0.15) is 98.3 Å². The number of hydrogen-bond donors (Lipinski definition) is 2. The SMILES string of the molecule is Clc1ccc2c(NCCCCCCCCN[C@@H]3CCCc4nc(OCc5ccccc5)ccc43)c3c(nc2c1)CCCC3. The van der Waals surface area contributed by atoms with Crippen molar-refractivity contribution in [3.05, 3.63) is 93.8 Å². The second-order valence-corrected chi connectivity index (χ2v) is 12.6. The van der Waals surface area contributed by atoms with E-state index in [4.69, 9.17) is 26.3 Å². The van der Waals surface area contributed by atoms with Gasteiger partial charge in [0.25, 0.3) is 0 Å². The van der Waals surface area contributed by atoms with Gasteiger partial charge in [-0.1, -0.05) is 73.7 Å². The number of pyridine rings is 2. The zero-order valence-corrected chi connectivity index (χ0v) is 26.1. The van der Waals surface area contributed by atoms with Crippen LogP contribution in [0.25, 0.3) is 10.9 Å². The van der Waals surface area contributed by atoms with E-state index in [1.54, 1.807) is 0 Å². The lowest BCUT2D eigenvalue weighted by Gasteiger charge is -2.26. The van der Waals surface area contributed by atoms with Gasteiger partial charge in [0.2, 0.25) is 5.88 Å². The van der Waals surface area contributed by atoms with Crippen molar-refractivity contribution in [3.8, 4) is 5.88 Å². The summed E-state index contributed by atoms with van der Waals surface area (Å²) in [6.45, 7) is 2.65. The smallest absolute Gasteiger partial charge is 0.213 e. The summed E-state index contributed by atoms with van der Waals surface area (Å²) in [6, 6.07) is 21.1. The molecule has 0 saturated carbocycles. The number of aryl methyl sites for hydroxylation is 2. The van der Waals surface area contributed by atoms with Gasteiger partial charge in [0.1, 0.15) is 6.61 Å². The van der Waals surface area contributed by atoms with Crippen LogP contribution in [0.3, 0.4) is 0 Å². The number of benzene rings is 2. The first-order valence-corrected chi connectivity index (χ1v) is 16.9. The summed E-state index contributed by atoms with van der Waals surface area (Å²) in [5.41, 5.74) is 8.75. The second-order valence-electron chi connectivity index (χ2n) is 12.2. The molecule has 2 N–H and O–H groups in total. The largest absolute Gasteiger partial charge is 0.473 e. The maximum Gasteiger partial charge on any atom is 0.213 e. The molecule has 226 valence electrons. The predicted molar refractivity (Wildman–Crippen MR) is 178 cm³/mol. The molecule has 1 atom stereocenters. The molecule has 2 aliphatic rings. The highest BCUT2D eigenvalue weighted by Crippen LogP contribution is 2.34. The zero-order chi connectivity index (χ0) is 29.3. The Labute approximate surface area is 261 Å². The number of anilines is 1. The Hall–Kier alpha value is -3.15. The highest BCUT2D eigenvalue weighted by Gasteiger charge is 2.21. The van der Waals surface area contributed by atoms with Gasteiger partial charge in [0, 0.05) is 46.1 Å². The Kier molecular flexibility index (Phi) is 10.5. The number of nitrogens with one attached hydrogen (secondary N) is 2. The fourth-order valence-corrected chi connectivity index (χ4v) is 6.88. The molecule has 5 nitrogen and oxygen atoms in total. The van der Waals surface area contributed by atoms with E-state index in [0.717, 1.165) is 48.8 Å². The van der Waals surface area contributed by atoms with Crippen LogP contribution in [0.15, 0.2) is 60.7 Å². The van der Waals surface area contributed by atoms with Crippen molar-refractivity contribution in [3.63, 3.8) is 0 Å². The third-order valence-corrected chi connectivity index (χ3v) is 9.25. The van der Waals surface area contributed by atoms with Crippen LogP contribution in [-0.4, -0.2) is 23.1 Å². The maximum atomic E-state index is 6.28. The molecule has 2 aromatic heterocycles. The van der Waals surface area contributed by atoms with Crippen molar-refractivity contribution < 1.29 is 4.74 Å². The quantitative estimate of drug-likeness (QED) is 0.142. The Morgan fingerprint density at radius 1 is 0.767 bits per heavy atom. The molecule has 0 fully saturated rings.